The van der Waals surface area contributed by atoms with Crippen molar-refractivity contribution in [3.63, 3.8) is 0 Å². The highest BCUT2D eigenvalue weighted by atomic mass is 16.2. The number of amides is 10. The zero-order valence-electron chi connectivity index (χ0n) is 77.0. The number of aryl methyl sites for hydroxylation is 5. The number of hydrogen-bond acceptors (Lipinski definition) is 14. The highest BCUT2D eigenvalue weighted by molar-refractivity contribution is 5.92. The van der Waals surface area contributed by atoms with E-state index in [2.05, 4.69) is 283 Å². The van der Waals surface area contributed by atoms with E-state index in [1.165, 1.54) is 50.3 Å². The van der Waals surface area contributed by atoms with Gasteiger partial charge >= 0.3 is 30.2 Å². The molecule has 666 valence electrons. The van der Waals surface area contributed by atoms with Crippen LogP contribution in [0.25, 0.3) is 0 Å². The van der Waals surface area contributed by atoms with Crippen molar-refractivity contribution in [3.8, 4) is 0 Å². The van der Waals surface area contributed by atoms with Gasteiger partial charge in [0.15, 0.2) is 5.82 Å². The molecule has 0 bridgehead atoms. The van der Waals surface area contributed by atoms with E-state index in [-0.39, 0.29) is 35.6 Å². The number of benzene rings is 7. The summed E-state index contributed by atoms with van der Waals surface area (Å²) in [6.45, 7) is 49.3. The summed E-state index contributed by atoms with van der Waals surface area (Å²) in [6.07, 6.45) is 3.77. The van der Waals surface area contributed by atoms with Crippen LogP contribution >= 0.6 is 0 Å². The predicted molar refractivity (Wildman–Crippen MR) is 518 cm³/mol. The molecule has 0 atom stereocenters. The molecule has 5 saturated heterocycles. The van der Waals surface area contributed by atoms with E-state index in [1.54, 1.807) is 0 Å². The van der Waals surface area contributed by atoms with Crippen LogP contribution in [0.1, 0.15) is 156 Å². The number of anilines is 10. The summed E-state index contributed by atoms with van der Waals surface area (Å²) in [6, 6.07) is 69.6. The molecule has 5 aliphatic rings. The molecule has 126 heavy (non-hydrogen) atoms. The Morgan fingerprint density at radius 2 is 0.556 bits per heavy atom. The van der Waals surface area contributed by atoms with E-state index in [4.69, 9.17) is 0 Å². The van der Waals surface area contributed by atoms with Crippen molar-refractivity contribution >= 4 is 87.4 Å². The Kier molecular flexibility index (Phi) is 33.7. The standard InChI is InChI=1S/C21H28N4O.2C21H27N3O.C20H26N4O.C19H25N5O/c1-16-5-10-19(22-15-16)24-11-13-25(14-12-24)20(26)23-18-8-6-17(7-9-18)21(2,3)4;1-16(2)18-6-8-19(9-7-18)22-21(25)24-14-12-23(13-15-24)20-10-4-17(3)5-11-20;1-16(2)18-7-9-19(10-8-18)22-21(25)24-13-11-23(12-14-24)20-6-4-5-17(3)15-20;1-15(2)17-5-7-18(8-6-17)22-20(25)24-12-10-23(11-13-24)19-9-4-16(3)14-21-19;1-14(2)16-5-7-17(8-6-16)20-19(25)24-12-10-23(11-13-24)18-9-4-15(3)21-22-18/h5-10,15H,11-14H2,1-4H3,(H,23,26);4-11,16H,12-15H2,1-3H3,(H,22,25);4-10,15-16H,11-14H2,1-3H3,(H,22,25);4-9,14-15H,10-13H2,1-3H3,(H,22,25);4-9,14H,10-13H2,1-3H3,(H,20,25). The quantitative estimate of drug-likeness (QED) is 0.0682. The summed E-state index contributed by atoms with van der Waals surface area (Å²) < 4.78 is 0. The number of carbonyl (C=O) groups is 5. The van der Waals surface area contributed by atoms with Crippen molar-refractivity contribution in [1.82, 2.24) is 44.7 Å². The van der Waals surface area contributed by atoms with E-state index in [1.807, 2.05) is 143 Å². The fourth-order valence-electron chi connectivity index (χ4n) is 15.1. The van der Waals surface area contributed by atoms with Gasteiger partial charge in [0.1, 0.15) is 11.6 Å². The average molecular weight is 1710 g/mol. The van der Waals surface area contributed by atoms with Crippen molar-refractivity contribution in [2.75, 3.05) is 182 Å². The molecular formula is C102H133N19O5. The van der Waals surface area contributed by atoms with E-state index >= 15 is 0 Å². The fraction of sp³-hybridized carbons (Fsp3) is 0.402. The van der Waals surface area contributed by atoms with Crippen LogP contribution < -0.4 is 51.1 Å². The summed E-state index contributed by atoms with van der Waals surface area (Å²) in [5.41, 5.74) is 18.9. The number of pyridine rings is 2. The SMILES string of the molecule is Cc1ccc(N2CCN(C(=O)Nc3ccc(C(C)(C)C)cc3)CC2)nc1.Cc1ccc(N2CCN(C(=O)Nc3ccc(C(C)C)cc3)CC2)cc1.Cc1ccc(N2CCN(C(=O)Nc3ccc(C(C)C)cc3)CC2)nc1.Cc1ccc(N2CCN(C(=O)Nc3ccc(C(C)C)cc3)CC2)nn1.Cc1cccc(N2CCN(C(=O)Nc3ccc(C(C)C)cc3)CC2)c1. The minimum atomic E-state index is -0.0491. The molecule has 3 aromatic heterocycles. The largest absolute Gasteiger partial charge is 0.368 e. The van der Waals surface area contributed by atoms with Crippen molar-refractivity contribution in [2.24, 2.45) is 0 Å². The van der Waals surface area contributed by atoms with Gasteiger partial charge in [0.05, 0.1) is 5.69 Å². The van der Waals surface area contributed by atoms with Crippen LogP contribution in [-0.4, -0.2) is 206 Å². The second kappa shape index (κ2) is 45.2. The first-order valence-corrected chi connectivity index (χ1v) is 44.8. The molecule has 5 N–H and O–H groups in total. The van der Waals surface area contributed by atoms with Gasteiger partial charge in [-0.05, 0) is 217 Å². The minimum absolute atomic E-state index is 0.0128. The van der Waals surface area contributed by atoms with E-state index in [0.717, 1.165) is 154 Å². The molecule has 0 unspecified atom stereocenters. The summed E-state index contributed by atoms with van der Waals surface area (Å²) in [5, 5.41) is 23.3. The smallest absolute Gasteiger partial charge is 0.321 e. The van der Waals surface area contributed by atoms with Gasteiger partial charge in [-0.25, -0.2) is 33.9 Å². The zero-order chi connectivity index (χ0) is 90.0. The lowest BCUT2D eigenvalue weighted by Crippen LogP contribution is -2.50. The fourth-order valence-corrected chi connectivity index (χ4v) is 15.1. The van der Waals surface area contributed by atoms with Crippen LogP contribution in [0.2, 0.25) is 0 Å². The minimum Gasteiger partial charge on any atom is -0.368 e. The first kappa shape index (κ1) is 94.0. The van der Waals surface area contributed by atoms with Gasteiger partial charge in [-0.3, -0.25) is 0 Å². The Labute approximate surface area is 748 Å². The molecule has 5 aliphatic heterocycles. The Bertz CT molecular complexity index is 4750. The van der Waals surface area contributed by atoms with Crippen molar-refractivity contribution in [1.29, 1.82) is 0 Å². The van der Waals surface area contributed by atoms with Crippen LogP contribution in [0.15, 0.2) is 219 Å². The average Bonchev–Trinajstić information content (AvgIpc) is 0.846. The van der Waals surface area contributed by atoms with Gasteiger partial charge in [-0.2, -0.15) is 5.10 Å². The van der Waals surface area contributed by atoms with Crippen molar-refractivity contribution in [3.05, 3.63) is 274 Å². The summed E-state index contributed by atoms with van der Waals surface area (Å²) in [5.74, 6) is 4.81. The molecule has 0 saturated carbocycles. The van der Waals surface area contributed by atoms with Gasteiger partial charge in [0, 0.05) is 183 Å². The maximum Gasteiger partial charge on any atom is 0.321 e. The molecule has 5 fully saturated rings. The lowest BCUT2D eigenvalue weighted by atomic mass is 9.87. The van der Waals surface area contributed by atoms with E-state index in [0.29, 0.717) is 62.9 Å². The zero-order valence-corrected chi connectivity index (χ0v) is 77.0. The van der Waals surface area contributed by atoms with Gasteiger partial charge < -0.3 is 75.6 Å². The number of piperazine rings is 5. The lowest BCUT2D eigenvalue weighted by molar-refractivity contribution is 0.207. The number of hydrogen-bond donors (Lipinski definition) is 5. The van der Waals surface area contributed by atoms with E-state index in [9.17, 15) is 24.0 Å². The number of nitrogens with one attached hydrogen (secondary N) is 5. The van der Waals surface area contributed by atoms with Crippen LogP contribution in [0.4, 0.5) is 81.2 Å². The summed E-state index contributed by atoms with van der Waals surface area (Å²) in [7, 11) is 0. The molecule has 10 amide bonds. The van der Waals surface area contributed by atoms with E-state index < -0.39 is 0 Å². The molecule has 0 aliphatic carbocycles. The van der Waals surface area contributed by atoms with Crippen LogP contribution in [0, 0.1) is 34.6 Å². The third-order valence-corrected chi connectivity index (χ3v) is 23.5. The second-order valence-corrected chi connectivity index (χ2v) is 35.6. The molecule has 7 aromatic carbocycles. The van der Waals surface area contributed by atoms with Crippen molar-refractivity contribution in [2.45, 2.75) is 140 Å². The number of carbonyl (C=O) groups excluding carboxylic acids is 5. The van der Waals surface area contributed by atoms with Gasteiger partial charge in [0.25, 0.3) is 0 Å². The molecule has 0 radical (unpaired) electrons. The molecular weight excluding hydrogens is 1570 g/mol. The Morgan fingerprint density at radius 1 is 0.278 bits per heavy atom. The van der Waals surface area contributed by atoms with Gasteiger partial charge in [-0.1, -0.05) is 179 Å². The third kappa shape index (κ3) is 28.1. The third-order valence-electron chi connectivity index (χ3n) is 23.5. The van der Waals surface area contributed by atoms with Gasteiger partial charge in [0.2, 0.25) is 0 Å². The number of urea groups is 5. The van der Waals surface area contributed by atoms with Crippen LogP contribution in [0.5, 0.6) is 0 Å². The first-order chi connectivity index (χ1) is 60.4. The normalized spacial score (nSPS) is 14.8. The molecule has 0 spiro atoms. The highest BCUT2D eigenvalue weighted by Gasteiger charge is 2.28. The molecule has 24 nitrogen and oxygen atoms in total. The Morgan fingerprint density at radius 3 is 0.825 bits per heavy atom. The maximum absolute atomic E-state index is 12.5. The molecule has 24 heteroatoms. The molecule has 10 aromatic rings. The Hall–Kier alpha value is -12.7. The van der Waals surface area contributed by atoms with Crippen LogP contribution in [0.3, 0.4) is 0 Å². The first-order valence-electron chi connectivity index (χ1n) is 44.8. The monoisotopic (exact) mass is 1700 g/mol. The number of rotatable bonds is 14. The number of aromatic nitrogens is 4. The Balaban J connectivity index is 0.000000153. The van der Waals surface area contributed by atoms with Crippen molar-refractivity contribution < 1.29 is 24.0 Å². The summed E-state index contributed by atoms with van der Waals surface area (Å²) in [4.78, 5) is 91.9. The van der Waals surface area contributed by atoms with Crippen LogP contribution in [-0.2, 0) is 5.41 Å². The highest BCUT2D eigenvalue weighted by Crippen LogP contribution is 2.29. The molecule has 8 heterocycles. The van der Waals surface area contributed by atoms with Gasteiger partial charge in [-0.15, -0.1) is 5.10 Å². The lowest BCUT2D eigenvalue weighted by Gasteiger charge is -2.36. The number of nitrogens with zero attached hydrogens (tertiary/aromatic N) is 14. The molecule has 15 rings (SSSR count). The maximum atomic E-state index is 12.5. The summed E-state index contributed by atoms with van der Waals surface area (Å²) >= 11 is 0. The topological polar surface area (TPSA) is 229 Å². The second-order valence-electron chi connectivity index (χ2n) is 35.6. The predicted octanol–water partition coefficient (Wildman–Crippen LogP) is 20.1.